The number of nitrogen functional groups attached to an aromatic ring is 1. The Balaban J connectivity index is 2.07. The Bertz CT molecular complexity index is 494. The molecule has 0 aliphatic heterocycles. The highest BCUT2D eigenvalue weighted by Gasteiger charge is 2.03. The summed E-state index contributed by atoms with van der Waals surface area (Å²) >= 11 is 1.64. The summed E-state index contributed by atoms with van der Waals surface area (Å²) in [4.78, 5) is 12.4. The highest BCUT2D eigenvalue weighted by atomic mass is 32.1. The lowest BCUT2D eigenvalue weighted by Crippen LogP contribution is -2.06. The first-order valence-electron chi connectivity index (χ1n) is 4.89. The molecule has 0 atom stereocenters. The van der Waals surface area contributed by atoms with E-state index in [0.29, 0.717) is 6.54 Å². The summed E-state index contributed by atoms with van der Waals surface area (Å²) in [7, 11) is 0. The number of rotatable bonds is 3. The molecule has 0 aromatic carbocycles. The molecule has 2 rings (SSSR count). The normalized spacial score (nSPS) is 10.4. The zero-order valence-electron chi connectivity index (χ0n) is 9.19. The highest BCUT2D eigenvalue weighted by molar-refractivity contribution is 7.09. The number of nitrogens with one attached hydrogen (secondary N) is 1. The number of aryl methyl sites for hydroxylation is 2. The van der Waals surface area contributed by atoms with Gasteiger partial charge >= 0.3 is 0 Å². The number of thiazole rings is 1. The molecule has 84 valence electrons. The molecule has 2 heterocycles. The lowest BCUT2D eigenvalue weighted by Gasteiger charge is -2.06. The molecule has 0 radical (unpaired) electrons. The lowest BCUT2D eigenvalue weighted by molar-refractivity contribution is 1.02. The van der Waals surface area contributed by atoms with Gasteiger partial charge in [0.1, 0.15) is 5.82 Å². The van der Waals surface area contributed by atoms with Gasteiger partial charge in [-0.1, -0.05) is 0 Å². The first kappa shape index (κ1) is 10.8. The SMILES string of the molecule is Cc1nc(CNc2nc(N)ncc2C)cs1. The second-order valence-corrected chi connectivity index (χ2v) is 4.53. The summed E-state index contributed by atoms with van der Waals surface area (Å²) in [6.07, 6.45) is 1.71. The first-order chi connectivity index (χ1) is 7.65. The van der Waals surface area contributed by atoms with Crippen molar-refractivity contribution in [2.75, 3.05) is 11.1 Å². The zero-order valence-corrected chi connectivity index (χ0v) is 10.0. The van der Waals surface area contributed by atoms with Crippen molar-refractivity contribution in [2.24, 2.45) is 0 Å². The van der Waals surface area contributed by atoms with Crippen molar-refractivity contribution in [3.05, 3.63) is 27.8 Å². The van der Waals surface area contributed by atoms with Gasteiger partial charge in [0.05, 0.1) is 17.2 Å². The van der Waals surface area contributed by atoms with Crippen molar-refractivity contribution in [2.45, 2.75) is 20.4 Å². The van der Waals surface area contributed by atoms with Gasteiger partial charge in [0.15, 0.2) is 0 Å². The van der Waals surface area contributed by atoms with E-state index in [0.717, 1.165) is 22.1 Å². The molecule has 0 fully saturated rings. The van der Waals surface area contributed by atoms with Gasteiger partial charge in [-0.2, -0.15) is 4.98 Å². The summed E-state index contributed by atoms with van der Waals surface area (Å²) in [5.74, 6) is 1.04. The maximum atomic E-state index is 5.52. The van der Waals surface area contributed by atoms with Crippen LogP contribution in [0.15, 0.2) is 11.6 Å². The van der Waals surface area contributed by atoms with Gasteiger partial charge in [0.25, 0.3) is 0 Å². The fourth-order valence-electron chi connectivity index (χ4n) is 1.30. The minimum atomic E-state index is 0.280. The molecule has 0 unspecified atom stereocenters. The molecule has 0 amide bonds. The van der Waals surface area contributed by atoms with Crippen LogP contribution in [0, 0.1) is 13.8 Å². The lowest BCUT2D eigenvalue weighted by atomic mass is 10.3. The van der Waals surface area contributed by atoms with E-state index in [-0.39, 0.29) is 5.95 Å². The van der Waals surface area contributed by atoms with Crippen molar-refractivity contribution in [1.82, 2.24) is 15.0 Å². The topological polar surface area (TPSA) is 76.7 Å². The van der Waals surface area contributed by atoms with Crippen molar-refractivity contribution in [3.63, 3.8) is 0 Å². The monoisotopic (exact) mass is 235 g/mol. The van der Waals surface area contributed by atoms with Gasteiger partial charge in [-0.25, -0.2) is 9.97 Å². The maximum absolute atomic E-state index is 5.52. The van der Waals surface area contributed by atoms with Crippen LogP contribution in [0.4, 0.5) is 11.8 Å². The largest absolute Gasteiger partial charge is 0.368 e. The van der Waals surface area contributed by atoms with E-state index >= 15 is 0 Å². The third-order valence-electron chi connectivity index (χ3n) is 2.09. The first-order valence-corrected chi connectivity index (χ1v) is 5.77. The molecule has 0 saturated carbocycles. The number of hydrogen-bond acceptors (Lipinski definition) is 6. The van der Waals surface area contributed by atoms with Crippen molar-refractivity contribution < 1.29 is 0 Å². The molecule has 0 spiro atoms. The van der Waals surface area contributed by atoms with Crippen LogP contribution in [0.2, 0.25) is 0 Å². The average molecular weight is 235 g/mol. The number of nitrogens with two attached hydrogens (primary N) is 1. The van der Waals surface area contributed by atoms with Crippen LogP contribution in [0.25, 0.3) is 0 Å². The summed E-state index contributed by atoms with van der Waals surface area (Å²) in [5, 5.41) is 6.29. The Morgan fingerprint density at radius 3 is 2.88 bits per heavy atom. The summed E-state index contributed by atoms with van der Waals surface area (Å²) < 4.78 is 0. The molecule has 5 nitrogen and oxygen atoms in total. The number of hydrogen-bond donors (Lipinski definition) is 2. The van der Waals surface area contributed by atoms with Crippen molar-refractivity contribution in [1.29, 1.82) is 0 Å². The van der Waals surface area contributed by atoms with Crippen LogP contribution >= 0.6 is 11.3 Å². The fourth-order valence-corrected chi connectivity index (χ4v) is 1.91. The Morgan fingerprint density at radius 1 is 1.38 bits per heavy atom. The van der Waals surface area contributed by atoms with Crippen LogP contribution in [-0.2, 0) is 6.54 Å². The third-order valence-corrected chi connectivity index (χ3v) is 2.92. The molecule has 2 aromatic rings. The molecular weight excluding hydrogens is 222 g/mol. The number of anilines is 2. The van der Waals surface area contributed by atoms with Gasteiger partial charge in [0.2, 0.25) is 5.95 Å². The molecule has 2 aromatic heterocycles. The second kappa shape index (κ2) is 4.44. The molecule has 0 saturated heterocycles. The average Bonchev–Trinajstić information content (AvgIpc) is 2.66. The fraction of sp³-hybridized carbons (Fsp3) is 0.300. The Labute approximate surface area is 97.8 Å². The Kier molecular flexibility index (Phi) is 3.00. The zero-order chi connectivity index (χ0) is 11.5. The van der Waals surface area contributed by atoms with Crippen molar-refractivity contribution >= 4 is 23.1 Å². The van der Waals surface area contributed by atoms with Gasteiger partial charge in [0, 0.05) is 17.1 Å². The van der Waals surface area contributed by atoms with Gasteiger partial charge in [-0.05, 0) is 13.8 Å². The van der Waals surface area contributed by atoms with Crippen LogP contribution in [0.5, 0.6) is 0 Å². The van der Waals surface area contributed by atoms with E-state index in [9.17, 15) is 0 Å². The maximum Gasteiger partial charge on any atom is 0.221 e. The molecular formula is C10H13N5S. The number of nitrogens with zero attached hydrogens (tertiary/aromatic N) is 3. The molecule has 16 heavy (non-hydrogen) atoms. The molecule has 0 aliphatic rings. The number of aromatic nitrogens is 3. The minimum absolute atomic E-state index is 0.280. The summed E-state index contributed by atoms with van der Waals surface area (Å²) in [6.45, 7) is 4.58. The molecule has 0 aliphatic carbocycles. The van der Waals surface area contributed by atoms with Crippen LogP contribution in [0.1, 0.15) is 16.3 Å². The van der Waals surface area contributed by atoms with E-state index in [4.69, 9.17) is 5.73 Å². The van der Waals surface area contributed by atoms with Crippen LogP contribution in [0.3, 0.4) is 0 Å². The minimum Gasteiger partial charge on any atom is -0.368 e. The van der Waals surface area contributed by atoms with E-state index in [1.54, 1.807) is 17.5 Å². The molecule has 0 bridgehead atoms. The van der Waals surface area contributed by atoms with Gasteiger partial charge in [-0.15, -0.1) is 11.3 Å². The summed E-state index contributed by atoms with van der Waals surface area (Å²) in [5.41, 5.74) is 7.51. The summed E-state index contributed by atoms with van der Waals surface area (Å²) in [6, 6.07) is 0. The predicted octanol–water partition coefficient (Wildman–Crippen LogP) is 1.74. The van der Waals surface area contributed by atoms with Crippen LogP contribution < -0.4 is 11.1 Å². The standard InChI is InChI=1S/C10H13N5S/c1-6-3-13-10(11)15-9(6)12-4-8-5-16-7(2)14-8/h3,5H,4H2,1-2H3,(H3,11,12,13,15). The van der Waals surface area contributed by atoms with E-state index < -0.39 is 0 Å². The molecule has 6 heteroatoms. The molecule has 3 N–H and O–H groups in total. The predicted molar refractivity (Wildman–Crippen MR) is 65.4 cm³/mol. The van der Waals surface area contributed by atoms with E-state index in [1.807, 2.05) is 19.2 Å². The quantitative estimate of drug-likeness (QED) is 0.847. The van der Waals surface area contributed by atoms with E-state index in [1.165, 1.54) is 0 Å². The van der Waals surface area contributed by atoms with Gasteiger partial charge in [-0.3, -0.25) is 0 Å². The third kappa shape index (κ3) is 2.46. The van der Waals surface area contributed by atoms with Gasteiger partial charge < -0.3 is 11.1 Å². The van der Waals surface area contributed by atoms with Crippen LogP contribution in [-0.4, -0.2) is 15.0 Å². The highest BCUT2D eigenvalue weighted by Crippen LogP contribution is 2.13. The smallest absolute Gasteiger partial charge is 0.221 e. The Morgan fingerprint density at radius 2 is 2.19 bits per heavy atom. The van der Waals surface area contributed by atoms with E-state index in [2.05, 4.69) is 20.3 Å². The van der Waals surface area contributed by atoms with Crippen molar-refractivity contribution in [3.8, 4) is 0 Å². The second-order valence-electron chi connectivity index (χ2n) is 3.47. The Hall–Kier alpha value is -1.69.